The van der Waals surface area contributed by atoms with E-state index >= 15 is 0 Å². The summed E-state index contributed by atoms with van der Waals surface area (Å²) >= 11 is 0. The lowest BCUT2D eigenvalue weighted by Crippen LogP contribution is -2.28. The molecule has 0 atom stereocenters. The van der Waals surface area contributed by atoms with E-state index in [0.717, 1.165) is 15.4 Å². The van der Waals surface area contributed by atoms with Gasteiger partial charge in [-0.15, -0.1) is 0 Å². The molecule has 0 unspecified atom stereocenters. The monoisotopic (exact) mass is 375 g/mol. The lowest BCUT2D eigenvalue weighted by Gasteiger charge is -2.20. The van der Waals surface area contributed by atoms with Crippen LogP contribution in [0.4, 0.5) is 5.69 Å². The minimum absolute atomic E-state index is 0.128. The predicted octanol–water partition coefficient (Wildman–Crippen LogP) is 4.43. The second kappa shape index (κ2) is 6.52. The number of allylic oxidation sites excluding steroid dienone is 1. The molecule has 0 saturated carbocycles. The summed E-state index contributed by atoms with van der Waals surface area (Å²) in [6, 6.07) is 22.6. The summed E-state index contributed by atoms with van der Waals surface area (Å²) in [6.07, 6.45) is 1.62. The number of hydrogen-bond acceptors (Lipinski definition) is 3. The Morgan fingerprint density at radius 2 is 1.44 bits per heavy atom. The van der Waals surface area contributed by atoms with Crippen molar-refractivity contribution in [2.45, 2.75) is 11.8 Å². The van der Waals surface area contributed by atoms with Crippen LogP contribution >= 0.6 is 0 Å². The summed E-state index contributed by atoms with van der Waals surface area (Å²) in [6.45, 7) is 1.89. The SMILES string of the molecule is Cc1ccc(S(=O)(=O)N2/C(=C/c3ccccc3)C(=O)c3ccccc32)cc1. The Bertz CT molecular complexity index is 1150. The van der Waals surface area contributed by atoms with Crippen molar-refractivity contribution in [2.75, 3.05) is 4.31 Å². The number of Topliss-reactive ketones (excluding diaryl/α,β-unsaturated/α-hetero) is 1. The fourth-order valence-electron chi connectivity index (χ4n) is 3.11. The number of benzene rings is 3. The smallest absolute Gasteiger partial charge is 0.268 e. The normalized spacial score (nSPS) is 15.2. The van der Waals surface area contributed by atoms with E-state index in [2.05, 4.69) is 0 Å². The number of carbonyl (C=O) groups is 1. The van der Waals surface area contributed by atoms with Crippen molar-refractivity contribution in [1.82, 2.24) is 0 Å². The highest BCUT2D eigenvalue weighted by molar-refractivity contribution is 7.93. The van der Waals surface area contributed by atoms with E-state index in [0.29, 0.717) is 11.3 Å². The molecule has 27 heavy (non-hydrogen) atoms. The molecule has 1 heterocycles. The molecular formula is C22H17NO3S. The molecule has 0 bridgehead atoms. The molecule has 0 aliphatic carbocycles. The molecule has 4 rings (SSSR count). The molecule has 3 aromatic carbocycles. The Morgan fingerprint density at radius 1 is 0.815 bits per heavy atom. The fraction of sp³-hybridized carbons (Fsp3) is 0.0455. The number of fused-ring (bicyclic) bond motifs is 1. The van der Waals surface area contributed by atoms with Gasteiger partial charge in [0.1, 0.15) is 5.70 Å². The summed E-state index contributed by atoms with van der Waals surface area (Å²) in [4.78, 5) is 13.1. The van der Waals surface area contributed by atoms with Gasteiger partial charge in [0.25, 0.3) is 10.0 Å². The van der Waals surface area contributed by atoms with Gasteiger partial charge >= 0.3 is 0 Å². The van der Waals surface area contributed by atoms with Crippen molar-refractivity contribution >= 4 is 27.6 Å². The van der Waals surface area contributed by atoms with Gasteiger partial charge in [-0.2, -0.15) is 0 Å². The number of hydrogen-bond donors (Lipinski definition) is 0. The second-order valence-corrected chi connectivity index (χ2v) is 8.16. The largest absolute Gasteiger partial charge is 0.287 e. The lowest BCUT2D eigenvalue weighted by atomic mass is 10.1. The number of sulfonamides is 1. The van der Waals surface area contributed by atoms with Crippen LogP contribution in [-0.2, 0) is 10.0 Å². The summed E-state index contributed by atoms with van der Waals surface area (Å²) in [5, 5.41) is 0. The third-order valence-electron chi connectivity index (χ3n) is 4.48. The standard InChI is InChI=1S/C22H17NO3S/c1-16-11-13-18(14-12-16)27(25,26)23-20-10-6-5-9-19(20)22(24)21(23)15-17-7-3-2-4-8-17/h2-15H,1H3/b21-15+. The van der Waals surface area contributed by atoms with Gasteiger partial charge in [0.05, 0.1) is 10.6 Å². The highest BCUT2D eigenvalue weighted by Gasteiger charge is 2.40. The number of nitrogens with zero attached hydrogens (tertiary/aromatic N) is 1. The van der Waals surface area contributed by atoms with E-state index < -0.39 is 10.0 Å². The summed E-state index contributed by atoms with van der Waals surface area (Å²) < 4.78 is 27.9. The Balaban J connectivity index is 1.93. The highest BCUT2D eigenvalue weighted by atomic mass is 32.2. The van der Waals surface area contributed by atoms with Crippen molar-refractivity contribution < 1.29 is 13.2 Å². The van der Waals surface area contributed by atoms with Gasteiger partial charge in [-0.05, 0) is 42.8 Å². The number of ketones is 1. The van der Waals surface area contributed by atoms with Crippen molar-refractivity contribution in [2.24, 2.45) is 0 Å². The average Bonchev–Trinajstić information content (AvgIpc) is 2.96. The Labute approximate surface area is 158 Å². The predicted molar refractivity (Wildman–Crippen MR) is 106 cm³/mol. The van der Waals surface area contributed by atoms with E-state index in [1.807, 2.05) is 37.3 Å². The molecule has 0 amide bonds. The van der Waals surface area contributed by atoms with Crippen LogP contribution in [0.3, 0.4) is 0 Å². The van der Waals surface area contributed by atoms with Gasteiger partial charge in [0.2, 0.25) is 5.78 Å². The van der Waals surface area contributed by atoms with Crippen molar-refractivity contribution in [3.8, 4) is 0 Å². The van der Waals surface area contributed by atoms with Gasteiger partial charge in [-0.1, -0.05) is 60.2 Å². The van der Waals surface area contributed by atoms with Crippen LogP contribution in [-0.4, -0.2) is 14.2 Å². The van der Waals surface area contributed by atoms with Gasteiger partial charge in [-0.3, -0.25) is 4.79 Å². The Kier molecular flexibility index (Phi) is 4.16. The first-order valence-electron chi connectivity index (χ1n) is 8.51. The molecule has 0 spiro atoms. The number of para-hydroxylation sites is 1. The lowest BCUT2D eigenvalue weighted by molar-refractivity contribution is 0.104. The highest BCUT2D eigenvalue weighted by Crippen LogP contribution is 2.39. The first kappa shape index (κ1) is 17.2. The molecule has 134 valence electrons. The number of carbonyl (C=O) groups excluding carboxylic acids is 1. The van der Waals surface area contributed by atoms with Crippen LogP contribution in [0.15, 0.2) is 89.5 Å². The van der Waals surface area contributed by atoms with Crippen LogP contribution in [0.1, 0.15) is 21.5 Å². The van der Waals surface area contributed by atoms with Crippen LogP contribution in [0.5, 0.6) is 0 Å². The minimum Gasteiger partial charge on any atom is -0.287 e. The maximum Gasteiger partial charge on any atom is 0.268 e. The summed E-state index contributed by atoms with van der Waals surface area (Å²) in [5.41, 5.74) is 2.62. The average molecular weight is 375 g/mol. The van der Waals surface area contributed by atoms with E-state index in [1.165, 1.54) is 0 Å². The molecular weight excluding hydrogens is 358 g/mol. The van der Waals surface area contributed by atoms with Crippen LogP contribution in [0, 0.1) is 6.92 Å². The van der Waals surface area contributed by atoms with E-state index in [-0.39, 0.29) is 16.4 Å². The zero-order valence-corrected chi connectivity index (χ0v) is 15.5. The van der Waals surface area contributed by atoms with E-state index in [9.17, 15) is 13.2 Å². The molecule has 1 aliphatic heterocycles. The van der Waals surface area contributed by atoms with Gasteiger partial charge in [0, 0.05) is 5.56 Å². The molecule has 0 saturated heterocycles. The topological polar surface area (TPSA) is 54.5 Å². The Hall–Kier alpha value is -3.18. The number of rotatable bonds is 3. The maximum absolute atomic E-state index is 13.4. The minimum atomic E-state index is -3.93. The second-order valence-electron chi connectivity index (χ2n) is 6.37. The molecule has 0 fully saturated rings. The van der Waals surface area contributed by atoms with Gasteiger partial charge < -0.3 is 0 Å². The van der Waals surface area contributed by atoms with Gasteiger partial charge in [0.15, 0.2) is 0 Å². The summed E-state index contributed by atoms with van der Waals surface area (Å²) in [5.74, 6) is -0.301. The van der Waals surface area contributed by atoms with Crippen molar-refractivity contribution in [3.05, 3.63) is 101 Å². The first-order chi connectivity index (χ1) is 13.0. The number of aryl methyl sites for hydroxylation is 1. The fourth-order valence-corrected chi connectivity index (χ4v) is 4.61. The van der Waals surface area contributed by atoms with E-state index in [1.54, 1.807) is 54.6 Å². The van der Waals surface area contributed by atoms with E-state index in [4.69, 9.17) is 0 Å². The first-order valence-corrected chi connectivity index (χ1v) is 9.95. The molecule has 4 nitrogen and oxygen atoms in total. The molecule has 0 N–H and O–H groups in total. The van der Waals surface area contributed by atoms with Gasteiger partial charge in [-0.25, -0.2) is 12.7 Å². The number of anilines is 1. The zero-order chi connectivity index (χ0) is 19.0. The molecule has 3 aromatic rings. The zero-order valence-electron chi connectivity index (χ0n) is 14.7. The third-order valence-corrected chi connectivity index (χ3v) is 6.22. The molecule has 0 aromatic heterocycles. The quantitative estimate of drug-likeness (QED) is 0.637. The van der Waals surface area contributed by atoms with Crippen LogP contribution in [0.25, 0.3) is 6.08 Å². The van der Waals surface area contributed by atoms with Crippen molar-refractivity contribution in [3.63, 3.8) is 0 Å². The molecule has 5 heteroatoms. The van der Waals surface area contributed by atoms with Crippen LogP contribution in [0.2, 0.25) is 0 Å². The maximum atomic E-state index is 13.4. The Morgan fingerprint density at radius 3 is 2.15 bits per heavy atom. The molecule has 1 aliphatic rings. The molecule has 0 radical (unpaired) electrons. The van der Waals surface area contributed by atoms with Crippen molar-refractivity contribution in [1.29, 1.82) is 0 Å². The van der Waals surface area contributed by atoms with Crippen LogP contribution < -0.4 is 4.31 Å². The summed E-state index contributed by atoms with van der Waals surface area (Å²) in [7, 11) is -3.93. The third kappa shape index (κ3) is 2.96.